The number of aromatic nitrogens is 3. The van der Waals surface area contributed by atoms with Crippen LogP contribution in [0.15, 0.2) is 48.5 Å². The van der Waals surface area contributed by atoms with Gasteiger partial charge in [-0.3, -0.25) is 0 Å². The number of hydrogen-bond acceptors (Lipinski definition) is 5. The Labute approximate surface area is 149 Å². The lowest BCUT2D eigenvalue weighted by molar-refractivity contribution is 0.0727. The van der Waals surface area contributed by atoms with Crippen LogP contribution >= 0.6 is 11.6 Å². The summed E-state index contributed by atoms with van der Waals surface area (Å²) in [6, 6.07) is 13.9. The van der Waals surface area contributed by atoms with E-state index < -0.39 is 5.97 Å². The minimum atomic E-state index is -0.583. The number of halogens is 1. The first-order chi connectivity index (χ1) is 12.1. The fourth-order valence-electron chi connectivity index (χ4n) is 2.31. The first-order valence-electron chi connectivity index (χ1n) is 7.72. The van der Waals surface area contributed by atoms with Gasteiger partial charge in [0.25, 0.3) is 0 Å². The highest BCUT2D eigenvalue weighted by atomic mass is 35.5. The van der Waals surface area contributed by atoms with Crippen LogP contribution < -0.4 is 9.47 Å². The van der Waals surface area contributed by atoms with Crippen molar-refractivity contribution in [2.45, 2.75) is 13.8 Å². The van der Waals surface area contributed by atoms with Crippen molar-refractivity contribution in [1.82, 2.24) is 15.0 Å². The Morgan fingerprint density at radius 1 is 1.16 bits per heavy atom. The zero-order chi connectivity index (χ0) is 17.8. The van der Waals surface area contributed by atoms with Gasteiger partial charge in [-0.05, 0) is 50.2 Å². The maximum atomic E-state index is 12.4. The van der Waals surface area contributed by atoms with E-state index in [4.69, 9.17) is 21.1 Å². The second kappa shape index (κ2) is 7.36. The van der Waals surface area contributed by atoms with Crippen molar-refractivity contribution >= 4 is 17.6 Å². The monoisotopic (exact) mass is 357 g/mol. The number of nitrogens with zero attached hydrogens (tertiary/aromatic N) is 3. The molecule has 3 aromatic rings. The van der Waals surface area contributed by atoms with Crippen LogP contribution in [-0.4, -0.2) is 27.6 Å². The molecule has 0 unspecified atom stereocenters. The van der Waals surface area contributed by atoms with E-state index in [1.807, 2.05) is 31.2 Å². The van der Waals surface area contributed by atoms with E-state index in [1.165, 1.54) is 0 Å². The molecule has 3 rings (SSSR count). The molecule has 1 heterocycles. The van der Waals surface area contributed by atoms with Gasteiger partial charge in [0.1, 0.15) is 17.2 Å². The van der Waals surface area contributed by atoms with Crippen molar-refractivity contribution < 1.29 is 14.3 Å². The van der Waals surface area contributed by atoms with E-state index in [9.17, 15) is 4.79 Å². The van der Waals surface area contributed by atoms with Crippen LogP contribution in [0.1, 0.15) is 23.1 Å². The zero-order valence-electron chi connectivity index (χ0n) is 13.8. The van der Waals surface area contributed by atoms with Gasteiger partial charge >= 0.3 is 5.97 Å². The Morgan fingerprint density at radius 2 is 1.88 bits per heavy atom. The number of rotatable bonds is 5. The van der Waals surface area contributed by atoms with Crippen LogP contribution in [0.3, 0.4) is 0 Å². The largest absolute Gasteiger partial charge is 0.492 e. The van der Waals surface area contributed by atoms with E-state index in [1.54, 1.807) is 35.9 Å². The van der Waals surface area contributed by atoms with E-state index >= 15 is 0 Å². The smallest absolute Gasteiger partial charge is 0.366 e. The van der Waals surface area contributed by atoms with Crippen LogP contribution in [0.25, 0.3) is 5.69 Å². The van der Waals surface area contributed by atoms with Crippen molar-refractivity contribution in [3.05, 3.63) is 64.9 Å². The molecule has 0 amide bonds. The Kier molecular flexibility index (Phi) is 5.00. The van der Waals surface area contributed by atoms with Crippen molar-refractivity contribution in [3.8, 4) is 17.2 Å². The van der Waals surface area contributed by atoms with Crippen LogP contribution in [0.4, 0.5) is 0 Å². The van der Waals surface area contributed by atoms with Crippen molar-refractivity contribution in [1.29, 1.82) is 0 Å². The van der Waals surface area contributed by atoms with Crippen molar-refractivity contribution in [2.24, 2.45) is 0 Å². The molecule has 0 atom stereocenters. The molecule has 0 aliphatic heterocycles. The lowest BCUT2D eigenvalue weighted by Crippen LogP contribution is -2.11. The van der Waals surface area contributed by atoms with Crippen LogP contribution in [0.2, 0.25) is 5.02 Å². The molecule has 0 fully saturated rings. The summed E-state index contributed by atoms with van der Waals surface area (Å²) in [5, 5.41) is 8.60. The van der Waals surface area contributed by atoms with Crippen molar-refractivity contribution in [3.63, 3.8) is 0 Å². The third-order valence-electron chi connectivity index (χ3n) is 3.51. The number of para-hydroxylation sites is 2. The molecular formula is C18H16ClN3O3. The SMILES string of the molecule is CCOc1ccccc1-n1nnc(C(=O)Oc2ccc(Cl)cc2)c1C. The fourth-order valence-corrected chi connectivity index (χ4v) is 2.44. The molecule has 0 saturated carbocycles. The van der Waals surface area contributed by atoms with Gasteiger partial charge in [-0.2, -0.15) is 0 Å². The van der Waals surface area contributed by atoms with Gasteiger partial charge in [-0.15, -0.1) is 5.10 Å². The maximum Gasteiger partial charge on any atom is 0.366 e. The fraction of sp³-hybridized carbons (Fsp3) is 0.167. The number of carbonyl (C=O) groups excluding carboxylic acids is 1. The third-order valence-corrected chi connectivity index (χ3v) is 3.76. The van der Waals surface area contributed by atoms with E-state index in [0.29, 0.717) is 34.5 Å². The van der Waals surface area contributed by atoms with E-state index in [0.717, 1.165) is 0 Å². The standard InChI is InChI=1S/C18H16ClN3O3/c1-3-24-16-7-5-4-6-15(16)22-12(2)17(20-21-22)18(23)25-14-10-8-13(19)9-11-14/h4-11H,3H2,1-2H3. The minimum Gasteiger partial charge on any atom is -0.492 e. The average molecular weight is 358 g/mol. The predicted octanol–water partition coefficient (Wildman–Crippen LogP) is 3.85. The van der Waals surface area contributed by atoms with Gasteiger partial charge in [0.15, 0.2) is 5.69 Å². The lowest BCUT2D eigenvalue weighted by Gasteiger charge is -2.10. The summed E-state index contributed by atoms with van der Waals surface area (Å²) in [6.07, 6.45) is 0. The first kappa shape index (κ1) is 17.0. The van der Waals surface area contributed by atoms with E-state index in [-0.39, 0.29) is 5.69 Å². The van der Waals surface area contributed by atoms with Crippen molar-refractivity contribution in [2.75, 3.05) is 6.61 Å². The molecule has 128 valence electrons. The van der Waals surface area contributed by atoms with Gasteiger partial charge in [-0.1, -0.05) is 28.9 Å². The highest BCUT2D eigenvalue weighted by Crippen LogP contribution is 2.24. The molecule has 0 radical (unpaired) electrons. The molecule has 7 heteroatoms. The second-order valence-corrected chi connectivity index (χ2v) is 5.62. The van der Waals surface area contributed by atoms with Crippen LogP contribution in [0.5, 0.6) is 11.5 Å². The summed E-state index contributed by atoms with van der Waals surface area (Å²) >= 11 is 5.82. The summed E-state index contributed by atoms with van der Waals surface area (Å²) in [5.74, 6) is 0.466. The Hall–Kier alpha value is -2.86. The number of esters is 1. The van der Waals surface area contributed by atoms with Gasteiger partial charge < -0.3 is 9.47 Å². The minimum absolute atomic E-state index is 0.140. The quantitative estimate of drug-likeness (QED) is 0.512. The van der Waals surface area contributed by atoms with Gasteiger partial charge in [0.2, 0.25) is 0 Å². The summed E-state index contributed by atoms with van der Waals surface area (Å²) in [6.45, 7) is 4.18. The lowest BCUT2D eigenvalue weighted by atomic mass is 10.2. The summed E-state index contributed by atoms with van der Waals surface area (Å²) < 4.78 is 12.5. The molecule has 0 aliphatic carbocycles. The summed E-state index contributed by atoms with van der Waals surface area (Å²) in [4.78, 5) is 12.4. The second-order valence-electron chi connectivity index (χ2n) is 5.18. The topological polar surface area (TPSA) is 66.2 Å². The molecule has 0 saturated heterocycles. The number of ether oxygens (including phenoxy) is 2. The highest BCUT2D eigenvalue weighted by molar-refractivity contribution is 6.30. The molecule has 25 heavy (non-hydrogen) atoms. The third kappa shape index (κ3) is 3.64. The molecule has 6 nitrogen and oxygen atoms in total. The number of hydrogen-bond donors (Lipinski definition) is 0. The Balaban J connectivity index is 1.88. The molecular weight excluding hydrogens is 342 g/mol. The average Bonchev–Trinajstić information content (AvgIpc) is 2.99. The van der Waals surface area contributed by atoms with Gasteiger partial charge in [0.05, 0.1) is 12.3 Å². The maximum absolute atomic E-state index is 12.4. The predicted molar refractivity (Wildman–Crippen MR) is 93.7 cm³/mol. The number of carbonyl (C=O) groups is 1. The molecule has 0 N–H and O–H groups in total. The molecule has 0 spiro atoms. The Morgan fingerprint density at radius 3 is 2.60 bits per heavy atom. The molecule has 2 aromatic carbocycles. The Bertz CT molecular complexity index is 891. The normalized spacial score (nSPS) is 10.5. The van der Waals surface area contributed by atoms with Gasteiger partial charge in [0, 0.05) is 5.02 Å². The van der Waals surface area contributed by atoms with Gasteiger partial charge in [-0.25, -0.2) is 9.48 Å². The highest BCUT2D eigenvalue weighted by Gasteiger charge is 2.20. The van der Waals surface area contributed by atoms with Crippen LogP contribution in [-0.2, 0) is 0 Å². The molecule has 0 bridgehead atoms. The first-order valence-corrected chi connectivity index (χ1v) is 8.10. The van der Waals surface area contributed by atoms with E-state index in [2.05, 4.69) is 10.3 Å². The molecule has 1 aromatic heterocycles. The summed E-state index contributed by atoms with van der Waals surface area (Å²) in [5.41, 5.74) is 1.41. The zero-order valence-corrected chi connectivity index (χ0v) is 14.5. The van der Waals surface area contributed by atoms with Crippen LogP contribution in [0, 0.1) is 6.92 Å². The molecule has 0 aliphatic rings. The number of benzene rings is 2. The summed E-state index contributed by atoms with van der Waals surface area (Å²) in [7, 11) is 0.